The molecule has 1 heterocycles. The van der Waals surface area contributed by atoms with Crippen LogP contribution in [0.15, 0.2) is 0 Å². The number of carbonyl (C=O) groups excluding carboxylic acids is 1. The van der Waals surface area contributed by atoms with Crippen molar-refractivity contribution in [1.82, 2.24) is 25.3 Å². The summed E-state index contributed by atoms with van der Waals surface area (Å²) in [4.78, 5) is 18.9. The minimum atomic E-state index is -0.0180. The quantitative estimate of drug-likeness (QED) is 0.590. The number of hydrogen-bond acceptors (Lipinski definition) is 5. The van der Waals surface area contributed by atoms with E-state index in [4.69, 9.17) is 0 Å². The van der Waals surface area contributed by atoms with Gasteiger partial charge in [0.25, 0.3) is 0 Å². The molecule has 2 N–H and O–H groups in total. The van der Waals surface area contributed by atoms with Crippen LogP contribution in [0.3, 0.4) is 0 Å². The molecule has 1 fully saturated rings. The number of likely N-dealkylation sites (N-methyl/N-ethyl adjacent to an activating group) is 3. The number of rotatable bonds is 7. The van der Waals surface area contributed by atoms with Gasteiger partial charge in [-0.2, -0.15) is 0 Å². The van der Waals surface area contributed by atoms with Crippen LogP contribution in [0.1, 0.15) is 0 Å². The largest absolute Gasteiger partial charge is 0.358 e. The first-order chi connectivity index (χ1) is 9.08. The summed E-state index contributed by atoms with van der Waals surface area (Å²) < 4.78 is 0. The van der Waals surface area contributed by atoms with E-state index in [0.29, 0.717) is 0 Å². The Balaban J connectivity index is 2.54. The number of nitrogens with zero attached hydrogens (tertiary/aromatic N) is 3. The molecule has 0 spiro atoms. The van der Waals surface area contributed by atoms with E-state index >= 15 is 0 Å². The molecule has 0 saturated carbocycles. The number of nitrogens with one attached hydrogen (secondary N) is 2. The van der Waals surface area contributed by atoms with Gasteiger partial charge >= 0.3 is 0 Å². The van der Waals surface area contributed by atoms with Crippen LogP contribution in [-0.4, -0.2) is 101 Å². The third-order valence-electron chi connectivity index (χ3n) is 3.64. The number of amides is 1. The Labute approximate surface area is 117 Å². The normalized spacial score (nSPS) is 21.8. The molecule has 19 heavy (non-hydrogen) atoms. The minimum Gasteiger partial charge on any atom is -0.358 e. The fraction of sp³-hybridized carbons (Fsp3) is 0.923. The molecule has 1 aliphatic heterocycles. The van der Waals surface area contributed by atoms with Gasteiger partial charge in [0.2, 0.25) is 5.91 Å². The molecule has 1 unspecified atom stereocenters. The van der Waals surface area contributed by atoms with Gasteiger partial charge in [0, 0.05) is 52.9 Å². The molecule has 0 aromatic heterocycles. The van der Waals surface area contributed by atoms with E-state index < -0.39 is 0 Å². The highest BCUT2D eigenvalue weighted by Crippen LogP contribution is 2.09. The zero-order valence-corrected chi connectivity index (χ0v) is 12.8. The molecule has 1 rings (SSSR count). The Kier molecular flexibility index (Phi) is 7.30. The van der Waals surface area contributed by atoms with E-state index in [1.807, 2.05) is 7.05 Å². The lowest BCUT2D eigenvalue weighted by Crippen LogP contribution is -2.60. The smallest absolute Gasteiger partial charge is 0.238 e. The molecule has 1 saturated heterocycles. The van der Waals surface area contributed by atoms with Crippen molar-refractivity contribution >= 4 is 5.91 Å². The molecule has 0 radical (unpaired) electrons. The summed E-state index contributed by atoms with van der Waals surface area (Å²) in [5.41, 5.74) is 0. The first kappa shape index (κ1) is 16.4. The second kappa shape index (κ2) is 8.47. The van der Waals surface area contributed by atoms with E-state index in [1.165, 1.54) is 0 Å². The van der Waals surface area contributed by atoms with Crippen molar-refractivity contribution in [3.8, 4) is 0 Å². The maximum atomic E-state index is 12.0. The Hall–Kier alpha value is -0.690. The van der Waals surface area contributed by atoms with E-state index in [9.17, 15) is 4.79 Å². The van der Waals surface area contributed by atoms with Crippen molar-refractivity contribution in [2.75, 3.05) is 74.0 Å². The lowest BCUT2D eigenvalue weighted by Gasteiger charge is -2.40. The topological polar surface area (TPSA) is 50.9 Å². The average molecular weight is 271 g/mol. The molecule has 1 atom stereocenters. The van der Waals surface area contributed by atoms with Crippen molar-refractivity contribution in [2.45, 2.75) is 6.04 Å². The summed E-state index contributed by atoms with van der Waals surface area (Å²) in [7, 11) is 7.82. The highest BCUT2D eigenvalue weighted by Gasteiger charge is 2.31. The summed E-state index contributed by atoms with van der Waals surface area (Å²) in [6.45, 7) is 6.76. The van der Waals surface area contributed by atoms with Gasteiger partial charge in [0.15, 0.2) is 0 Å². The first-order valence-corrected chi connectivity index (χ1v) is 7.05. The maximum Gasteiger partial charge on any atom is 0.238 e. The first-order valence-electron chi connectivity index (χ1n) is 7.05. The molecule has 1 amide bonds. The van der Waals surface area contributed by atoms with Crippen LogP contribution in [0.25, 0.3) is 0 Å². The average Bonchev–Trinajstić information content (AvgIpc) is 2.42. The minimum absolute atomic E-state index is 0.0180. The molecule has 0 aromatic rings. The van der Waals surface area contributed by atoms with Crippen LogP contribution in [0.4, 0.5) is 0 Å². The fourth-order valence-electron chi connectivity index (χ4n) is 2.36. The van der Waals surface area contributed by atoms with Gasteiger partial charge in [-0.1, -0.05) is 0 Å². The second-order valence-electron chi connectivity index (χ2n) is 5.37. The van der Waals surface area contributed by atoms with Crippen LogP contribution in [0.2, 0.25) is 0 Å². The molecule has 0 aliphatic carbocycles. The summed E-state index contributed by atoms with van der Waals surface area (Å²) in [5, 5.41) is 5.95. The van der Waals surface area contributed by atoms with E-state index in [1.54, 1.807) is 7.05 Å². The third kappa shape index (κ3) is 5.44. The van der Waals surface area contributed by atoms with Crippen molar-refractivity contribution in [3.05, 3.63) is 0 Å². The van der Waals surface area contributed by atoms with E-state index in [2.05, 4.69) is 39.4 Å². The van der Waals surface area contributed by atoms with Crippen molar-refractivity contribution in [1.29, 1.82) is 0 Å². The zero-order chi connectivity index (χ0) is 14.3. The van der Waals surface area contributed by atoms with Gasteiger partial charge in [0.05, 0.1) is 0 Å². The lowest BCUT2D eigenvalue weighted by atomic mass is 10.1. The summed E-state index contributed by atoms with van der Waals surface area (Å²) in [6, 6.07) is -0.0180. The Morgan fingerprint density at radius 2 is 2.00 bits per heavy atom. The summed E-state index contributed by atoms with van der Waals surface area (Å²) in [5.74, 6) is 0.132. The highest BCUT2D eigenvalue weighted by atomic mass is 16.2. The predicted octanol–water partition coefficient (Wildman–Crippen LogP) is -1.50. The van der Waals surface area contributed by atoms with Gasteiger partial charge < -0.3 is 15.5 Å². The highest BCUT2D eigenvalue weighted by molar-refractivity contribution is 5.81. The lowest BCUT2D eigenvalue weighted by molar-refractivity contribution is -0.128. The monoisotopic (exact) mass is 271 g/mol. The van der Waals surface area contributed by atoms with Crippen molar-refractivity contribution < 1.29 is 4.79 Å². The van der Waals surface area contributed by atoms with Crippen molar-refractivity contribution in [2.24, 2.45) is 0 Å². The molecule has 1 aliphatic rings. The number of hydrogen-bond donors (Lipinski definition) is 2. The van der Waals surface area contributed by atoms with Crippen LogP contribution in [-0.2, 0) is 4.79 Å². The molecule has 6 heteroatoms. The second-order valence-corrected chi connectivity index (χ2v) is 5.37. The molecule has 0 bridgehead atoms. The molecule has 0 aromatic carbocycles. The van der Waals surface area contributed by atoms with Crippen LogP contribution in [0.5, 0.6) is 0 Å². The molecular weight excluding hydrogens is 242 g/mol. The Bertz CT molecular complexity index is 272. The van der Waals surface area contributed by atoms with Gasteiger partial charge in [-0.05, 0) is 21.1 Å². The molecule has 112 valence electrons. The van der Waals surface area contributed by atoms with Crippen LogP contribution >= 0.6 is 0 Å². The predicted molar refractivity (Wildman–Crippen MR) is 78.3 cm³/mol. The summed E-state index contributed by atoms with van der Waals surface area (Å²) >= 11 is 0. The standard InChI is InChI=1S/C13H29N5O/c1-14-5-6-17-8-10-18(9-7-16(3)4)12(11-17)13(19)15-2/h12,14H,5-11H2,1-4H3,(H,15,19). The van der Waals surface area contributed by atoms with Crippen molar-refractivity contribution in [3.63, 3.8) is 0 Å². The van der Waals surface area contributed by atoms with E-state index in [0.717, 1.165) is 45.8 Å². The Morgan fingerprint density at radius 1 is 1.26 bits per heavy atom. The SMILES string of the molecule is CNCCN1CCN(CCN(C)C)C(C(=O)NC)C1. The zero-order valence-electron chi connectivity index (χ0n) is 12.8. The van der Waals surface area contributed by atoms with E-state index in [-0.39, 0.29) is 11.9 Å². The van der Waals surface area contributed by atoms with Gasteiger partial charge in [-0.3, -0.25) is 14.6 Å². The third-order valence-corrected chi connectivity index (χ3v) is 3.64. The molecule has 6 nitrogen and oxygen atoms in total. The number of carbonyl (C=O) groups is 1. The van der Waals surface area contributed by atoms with Crippen LogP contribution < -0.4 is 10.6 Å². The van der Waals surface area contributed by atoms with Gasteiger partial charge in [-0.15, -0.1) is 0 Å². The Morgan fingerprint density at radius 3 is 2.58 bits per heavy atom. The fourth-order valence-corrected chi connectivity index (χ4v) is 2.36. The maximum absolute atomic E-state index is 12.0. The number of piperazine rings is 1. The van der Waals surface area contributed by atoms with Crippen LogP contribution in [0, 0.1) is 0 Å². The van der Waals surface area contributed by atoms with Gasteiger partial charge in [-0.25, -0.2) is 0 Å². The summed E-state index contributed by atoms with van der Waals surface area (Å²) in [6.07, 6.45) is 0. The van der Waals surface area contributed by atoms with Gasteiger partial charge in [0.1, 0.15) is 6.04 Å². The molecular formula is C13H29N5O.